The molecule has 0 aliphatic rings. The van der Waals surface area contributed by atoms with Gasteiger partial charge >= 0.3 is 0 Å². The number of rotatable bonds is 7. The summed E-state index contributed by atoms with van der Waals surface area (Å²) in [5, 5.41) is 7.76. The largest absolute Gasteiger partial charge is 0.493 e. The van der Waals surface area contributed by atoms with E-state index in [1.165, 1.54) is 0 Å². The molecule has 1 aromatic heterocycles. The van der Waals surface area contributed by atoms with Crippen LogP contribution in [0.25, 0.3) is 11.0 Å². The number of hydrogen-bond acceptors (Lipinski definition) is 4. The van der Waals surface area contributed by atoms with Crippen molar-refractivity contribution in [3.8, 4) is 11.5 Å². The second kappa shape index (κ2) is 9.17. The van der Waals surface area contributed by atoms with E-state index in [0.717, 1.165) is 39.4 Å². The van der Waals surface area contributed by atoms with Crippen molar-refractivity contribution in [1.82, 2.24) is 10.6 Å². The molecule has 0 aliphatic heterocycles. The van der Waals surface area contributed by atoms with Crippen LogP contribution in [-0.2, 0) is 13.1 Å². The summed E-state index contributed by atoms with van der Waals surface area (Å²) in [6.45, 7) is 5.81. The molecule has 28 heavy (non-hydrogen) atoms. The molecule has 0 saturated heterocycles. The van der Waals surface area contributed by atoms with Crippen LogP contribution in [0.5, 0.6) is 11.5 Å². The van der Waals surface area contributed by atoms with Gasteiger partial charge in [0.25, 0.3) is 0 Å². The van der Waals surface area contributed by atoms with E-state index in [1.54, 1.807) is 14.2 Å². The molecule has 3 rings (SSSR count). The van der Waals surface area contributed by atoms with Crippen molar-refractivity contribution in [2.24, 2.45) is 4.99 Å². The first-order valence-corrected chi connectivity index (χ1v) is 9.37. The number of guanidine groups is 1. The van der Waals surface area contributed by atoms with Gasteiger partial charge in [-0.1, -0.05) is 24.3 Å². The Balaban J connectivity index is 1.61. The van der Waals surface area contributed by atoms with Crippen molar-refractivity contribution >= 4 is 16.9 Å². The highest BCUT2D eigenvalue weighted by atomic mass is 16.5. The van der Waals surface area contributed by atoms with E-state index in [4.69, 9.17) is 13.9 Å². The van der Waals surface area contributed by atoms with Gasteiger partial charge in [0.1, 0.15) is 11.3 Å². The lowest BCUT2D eigenvalue weighted by Crippen LogP contribution is -2.36. The maximum Gasteiger partial charge on any atom is 0.191 e. The molecule has 0 atom stereocenters. The van der Waals surface area contributed by atoms with Gasteiger partial charge in [-0.2, -0.15) is 0 Å². The molecule has 6 nitrogen and oxygen atoms in total. The van der Waals surface area contributed by atoms with Crippen LogP contribution in [0.3, 0.4) is 0 Å². The zero-order valence-corrected chi connectivity index (χ0v) is 16.8. The van der Waals surface area contributed by atoms with E-state index in [-0.39, 0.29) is 0 Å². The SMILES string of the molecule is CCOc1ccc(CNC(=NC)NCc2oc3ccccc3c2C)cc1OC. The van der Waals surface area contributed by atoms with Crippen LogP contribution in [0.15, 0.2) is 51.9 Å². The molecule has 0 radical (unpaired) electrons. The fourth-order valence-electron chi connectivity index (χ4n) is 3.06. The molecule has 0 bridgehead atoms. The summed E-state index contributed by atoms with van der Waals surface area (Å²) >= 11 is 0. The molecular formula is C22H27N3O3. The van der Waals surface area contributed by atoms with E-state index < -0.39 is 0 Å². The fraction of sp³-hybridized carbons (Fsp3) is 0.318. The lowest BCUT2D eigenvalue weighted by Gasteiger charge is -2.13. The number of nitrogens with one attached hydrogen (secondary N) is 2. The molecule has 0 amide bonds. The summed E-state index contributed by atoms with van der Waals surface area (Å²) in [4.78, 5) is 4.29. The molecular weight excluding hydrogens is 354 g/mol. The number of para-hydroxylation sites is 1. The summed E-state index contributed by atoms with van der Waals surface area (Å²) in [6.07, 6.45) is 0. The summed E-state index contributed by atoms with van der Waals surface area (Å²) in [7, 11) is 3.39. The molecule has 0 fully saturated rings. The predicted molar refractivity (Wildman–Crippen MR) is 112 cm³/mol. The van der Waals surface area contributed by atoms with Gasteiger partial charge in [0.2, 0.25) is 0 Å². The number of fused-ring (bicyclic) bond motifs is 1. The van der Waals surface area contributed by atoms with Gasteiger partial charge < -0.3 is 24.5 Å². The van der Waals surface area contributed by atoms with Crippen LogP contribution < -0.4 is 20.1 Å². The van der Waals surface area contributed by atoms with E-state index in [2.05, 4.69) is 28.6 Å². The highest BCUT2D eigenvalue weighted by Gasteiger charge is 2.11. The Morgan fingerprint density at radius 1 is 1.07 bits per heavy atom. The quantitative estimate of drug-likeness (QED) is 0.478. The topological polar surface area (TPSA) is 68.0 Å². The Bertz CT molecular complexity index is 963. The van der Waals surface area contributed by atoms with E-state index in [9.17, 15) is 0 Å². The minimum atomic E-state index is 0.562. The van der Waals surface area contributed by atoms with Crippen molar-refractivity contribution in [2.45, 2.75) is 26.9 Å². The predicted octanol–water partition coefficient (Wildman–Crippen LogP) is 4.01. The minimum Gasteiger partial charge on any atom is -0.493 e. The van der Waals surface area contributed by atoms with Crippen LogP contribution in [-0.4, -0.2) is 26.7 Å². The lowest BCUT2D eigenvalue weighted by atomic mass is 10.1. The molecule has 6 heteroatoms. The molecule has 148 valence electrons. The summed E-state index contributed by atoms with van der Waals surface area (Å²) in [5.74, 6) is 3.08. The lowest BCUT2D eigenvalue weighted by molar-refractivity contribution is 0.310. The van der Waals surface area contributed by atoms with Crippen molar-refractivity contribution in [3.05, 3.63) is 59.4 Å². The average molecular weight is 381 g/mol. The van der Waals surface area contributed by atoms with E-state index in [0.29, 0.717) is 25.7 Å². The third kappa shape index (κ3) is 4.39. The number of nitrogens with zero attached hydrogens (tertiary/aromatic N) is 1. The molecule has 0 aliphatic carbocycles. The number of ether oxygens (including phenoxy) is 2. The zero-order chi connectivity index (χ0) is 19.9. The van der Waals surface area contributed by atoms with Gasteiger partial charge in [-0.05, 0) is 37.6 Å². The molecule has 2 aromatic carbocycles. The van der Waals surface area contributed by atoms with Gasteiger partial charge in [-0.15, -0.1) is 0 Å². The number of benzene rings is 2. The molecule has 2 N–H and O–H groups in total. The second-order valence-electron chi connectivity index (χ2n) is 6.34. The number of furan rings is 1. The standard InChI is InChI=1S/C22H27N3O3/c1-5-27-19-11-10-16(12-20(19)26-4)13-24-22(23-3)25-14-21-15(2)17-8-6-7-9-18(17)28-21/h6-12H,5,13-14H2,1-4H3,(H2,23,24,25). The Hall–Kier alpha value is -3.15. The normalized spacial score (nSPS) is 11.5. The smallest absolute Gasteiger partial charge is 0.191 e. The zero-order valence-electron chi connectivity index (χ0n) is 16.8. The van der Waals surface area contributed by atoms with Crippen LogP contribution in [0.4, 0.5) is 0 Å². The Kier molecular flexibility index (Phi) is 6.42. The third-order valence-corrected chi connectivity index (χ3v) is 4.57. The Labute approximate surface area is 165 Å². The van der Waals surface area contributed by atoms with Crippen molar-refractivity contribution in [2.75, 3.05) is 20.8 Å². The first-order chi connectivity index (χ1) is 13.7. The number of hydrogen-bond donors (Lipinski definition) is 2. The van der Waals surface area contributed by atoms with Crippen LogP contribution in [0.2, 0.25) is 0 Å². The molecule has 0 spiro atoms. The summed E-state index contributed by atoms with van der Waals surface area (Å²) in [5.41, 5.74) is 3.12. The van der Waals surface area contributed by atoms with Gasteiger partial charge in [0, 0.05) is 24.5 Å². The highest BCUT2D eigenvalue weighted by molar-refractivity contribution is 5.83. The maximum absolute atomic E-state index is 5.95. The third-order valence-electron chi connectivity index (χ3n) is 4.57. The van der Waals surface area contributed by atoms with E-state index in [1.807, 2.05) is 43.3 Å². The van der Waals surface area contributed by atoms with Crippen LogP contribution >= 0.6 is 0 Å². The minimum absolute atomic E-state index is 0.562. The second-order valence-corrected chi connectivity index (χ2v) is 6.34. The first kappa shape index (κ1) is 19.6. The first-order valence-electron chi connectivity index (χ1n) is 9.37. The fourth-order valence-corrected chi connectivity index (χ4v) is 3.06. The number of aryl methyl sites for hydroxylation is 1. The summed E-state index contributed by atoms with van der Waals surface area (Å²) in [6, 6.07) is 14.0. The highest BCUT2D eigenvalue weighted by Crippen LogP contribution is 2.28. The molecule has 1 heterocycles. The van der Waals surface area contributed by atoms with E-state index >= 15 is 0 Å². The number of methoxy groups -OCH3 is 1. The summed E-state index contributed by atoms with van der Waals surface area (Å²) < 4.78 is 16.9. The van der Waals surface area contributed by atoms with Crippen molar-refractivity contribution < 1.29 is 13.9 Å². The Morgan fingerprint density at radius 3 is 2.57 bits per heavy atom. The van der Waals surface area contributed by atoms with Crippen LogP contribution in [0, 0.1) is 6.92 Å². The Morgan fingerprint density at radius 2 is 1.86 bits per heavy atom. The number of aliphatic imine (C=N–C) groups is 1. The molecule has 0 unspecified atom stereocenters. The average Bonchev–Trinajstić information content (AvgIpc) is 3.05. The van der Waals surface area contributed by atoms with Gasteiger partial charge in [0.05, 0.1) is 20.3 Å². The monoisotopic (exact) mass is 381 g/mol. The van der Waals surface area contributed by atoms with Crippen molar-refractivity contribution in [1.29, 1.82) is 0 Å². The van der Waals surface area contributed by atoms with Gasteiger partial charge in [0.15, 0.2) is 17.5 Å². The molecule has 3 aromatic rings. The molecule has 0 saturated carbocycles. The van der Waals surface area contributed by atoms with Crippen LogP contribution in [0.1, 0.15) is 23.8 Å². The van der Waals surface area contributed by atoms with Gasteiger partial charge in [-0.25, -0.2) is 0 Å². The maximum atomic E-state index is 5.95. The van der Waals surface area contributed by atoms with Gasteiger partial charge in [-0.3, -0.25) is 4.99 Å². The van der Waals surface area contributed by atoms with Crippen molar-refractivity contribution in [3.63, 3.8) is 0 Å².